The lowest BCUT2D eigenvalue weighted by molar-refractivity contribution is 0.410. The summed E-state index contributed by atoms with van der Waals surface area (Å²) < 4.78 is 0. The van der Waals surface area contributed by atoms with E-state index in [0.29, 0.717) is 10.0 Å². The number of benzene rings is 1. The summed E-state index contributed by atoms with van der Waals surface area (Å²) in [6.07, 6.45) is 5.12. The van der Waals surface area contributed by atoms with Crippen molar-refractivity contribution in [3.63, 3.8) is 0 Å². The molecule has 1 N–H and O–H groups in total. The molecule has 0 saturated heterocycles. The molecule has 0 aromatic heterocycles. The lowest BCUT2D eigenvalue weighted by Crippen LogP contribution is -2.35. The van der Waals surface area contributed by atoms with Crippen LogP contribution in [-0.4, -0.2) is 13.1 Å². The smallest absolute Gasteiger partial charge is 0.0595 e. The number of hydrogen-bond donors (Lipinski definition) is 1. The van der Waals surface area contributed by atoms with Crippen LogP contribution in [0.1, 0.15) is 38.2 Å². The minimum Gasteiger partial charge on any atom is -0.316 e. The Labute approximate surface area is 114 Å². The summed E-state index contributed by atoms with van der Waals surface area (Å²) in [5.41, 5.74) is 1.61. The number of nitrogens with one attached hydrogen (secondary N) is 1. The first kappa shape index (κ1) is 13.2. The number of likely N-dealkylation sites (N-methyl/N-ethyl adjacent to an activating group) is 1. The van der Waals surface area contributed by atoms with Gasteiger partial charge in [0.2, 0.25) is 0 Å². The van der Waals surface area contributed by atoms with E-state index >= 15 is 0 Å². The Kier molecular flexibility index (Phi) is 4.35. The van der Waals surface area contributed by atoms with Crippen LogP contribution in [0.4, 0.5) is 0 Å². The molecule has 0 heterocycles. The molecule has 0 aliphatic heterocycles. The summed E-state index contributed by atoms with van der Waals surface area (Å²) in [5, 5.41) is 4.81. The van der Waals surface area contributed by atoms with E-state index in [1.54, 1.807) is 0 Å². The Morgan fingerprint density at radius 1 is 1.18 bits per heavy atom. The molecule has 0 bridgehead atoms. The van der Waals surface area contributed by atoms with Crippen LogP contribution < -0.4 is 5.32 Å². The maximum absolute atomic E-state index is 6.14. The van der Waals surface area contributed by atoms with E-state index in [9.17, 15) is 0 Å². The number of rotatable bonds is 4. The first-order valence-corrected chi connectivity index (χ1v) is 7.10. The van der Waals surface area contributed by atoms with Crippen molar-refractivity contribution < 1.29 is 0 Å². The molecule has 17 heavy (non-hydrogen) atoms. The highest BCUT2D eigenvalue weighted by atomic mass is 35.5. The van der Waals surface area contributed by atoms with Crippen LogP contribution in [-0.2, 0) is 5.41 Å². The highest BCUT2D eigenvalue weighted by Gasteiger charge is 2.35. The predicted octanol–water partition coefficient (Wildman–Crippen LogP) is 4.41. The van der Waals surface area contributed by atoms with E-state index in [2.05, 4.69) is 18.3 Å². The summed E-state index contributed by atoms with van der Waals surface area (Å²) in [5.74, 6) is 0. The maximum Gasteiger partial charge on any atom is 0.0595 e. The summed E-state index contributed by atoms with van der Waals surface area (Å²) in [7, 11) is 0. The number of hydrogen-bond acceptors (Lipinski definition) is 1. The normalized spacial score (nSPS) is 18.5. The third kappa shape index (κ3) is 2.78. The zero-order valence-electron chi connectivity index (χ0n) is 10.2. The van der Waals surface area contributed by atoms with Crippen molar-refractivity contribution in [3.05, 3.63) is 33.8 Å². The second kappa shape index (κ2) is 5.60. The second-order valence-corrected chi connectivity index (χ2v) is 5.71. The van der Waals surface area contributed by atoms with E-state index < -0.39 is 0 Å². The summed E-state index contributed by atoms with van der Waals surface area (Å²) in [6, 6.07) is 6.11. The molecule has 0 amide bonds. The van der Waals surface area contributed by atoms with Gasteiger partial charge in [-0.1, -0.05) is 49.0 Å². The van der Waals surface area contributed by atoms with Crippen LogP contribution in [0, 0.1) is 0 Å². The minimum absolute atomic E-state index is 0.268. The summed E-state index contributed by atoms with van der Waals surface area (Å²) in [6.45, 7) is 4.21. The molecule has 3 heteroatoms. The van der Waals surface area contributed by atoms with Gasteiger partial charge in [-0.25, -0.2) is 0 Å². The van der Waals surface area contributed by atoms with Gasteiger partial charge in [-0.3, -0.25) is 0 Å². The van der Waals surface area contributed by atoms with Gasteiger partial charge in [0.15, 0.2) is 0 Å². The van der Waals surface area contributed by atoms with Crippen molar-refractivity contribution in [2.45, 2.75) is 38.0 Å². The third-order valence-electron chi connectivity index (χ3n) is 3.81. The maximum atomic E-state index is 6.14. The monoisotopic (exact) mass is 271 g/mol. The van der Waals surface area contributed by atoms with Gasteiger partial charge >= 0.3 is 0 Å². The molecule has 94 valence electrons. The van der Waals surface area contributed by atoms with Crippen LogP contribution in [0.2, 0.25) is 10.0 Å². The molecule has 2 rings (SSSR count). The SMILES string of the molecule is CCNCC1(c2ccc(Cl)c(Cl)c2)CCCC1. The average molecular weight is 272 g/mol. The van der Waals surface area contributed by atoms with Crippen LogP contribution in [0.5, 0.6) is 0 Å². The fourth-order valence-corrected chi connectivity index (χ4v) is 3.11. The van der Waals surface area contributed by atoms with Crippen molar-refractivity contribution in [1.82, 2.24) is 5.32 Å². The molecule has 1 aliphatic rings. The van der Waals surface area contributed by atoms with Gasteiger partial charge in [-0.05, 0) is 37.1 Å². The average Bonchev–Trinajstić information content (AvgIpc) is 2.80. The van der Waals surface area contributed by atoms with Crippen LogP contribution >= 0.6 is 23.2 Å². The van der Waals surface area contributed by atoms with Gasteiger partial charge in [0.1, 0.15) is 0 Å². The van der Waals surface area contributed by atoms with Gasteiger partial charge in [-0.15, -0.1) is 0 Å². The molecule has 0 unspecified atom stereocenters. The zero-order chi connectivity index (χ0) is 12.3. The minimum atomic E-state index is 0.268. The van der Waals surface area contributed by atoms with Gasteiger partial charge in [-0.2, -0.15) is 0 Å². The third-order valence-corrected chi connectivity index (χ3v) is 4.55. The van der Waals surface area contributed by atoms with Gasteiger partial charge in [0.05, 0.1) is 10.0 Å². The molecular weight excluding hydrogens is 253 g/mol. The fraction of sp³-hybridized carbons (Fsp3) is 0.571. The van der Waals surface area contributed by atoms with Crippen molar-refractivity contribution in [2.75, 3.05) is 13.1 Å². The van der Waals surface area contributed by atoms with E-state index in [1.807, 2.05) is 12.1 Å². The second-order valence-electron chi connectivity index (χ2n) is 4.90. The van der Waals surface area contributed by atoms with E-state index in [0.717, 1.165) is 13.1 Å². The standard InChI is InChI=1S/C14H19Cl2N/c1-2-17-10-14(7-3-4-8-14)11-5-6-12(15)13(16)9-11/h5-6,9,17H,2-4,7-8,10H2,1H3. The van der Waals surface area contributed by atoms with Crippen molar-refractivity contribution in [3.8, 4) is 0 Å². The van der Waals surface area contributed by atoms with Crippen molar-refractivity contribution in [1.29, 1.82) is 0 Å². The van der Waals surface area contributed by atoms with Crippen LogP contribution in [0.3, 0.4) is 0 Å². The topological polar surface area (TPSA) is 12.0 Å². The molecule has 0 spiro atoms. The lowest BCUT2D eigenvalue weighted by atomic mass is 9.79. The molecule has 1 fully saturated rings. The van der Waals surface area contributed by atoms with E-state index in [-0.39, 0.29) is 5.41 Å². The fourth-order valence-electron chi connectivity index (χ4n) is 2.81. The molecular formula is C14H19Cl2N. The van der Waals surface area contributed by atoms with Crippen molar-refractivity contribution >= 4 is 23.2 Å². The lowest BCUT2D eigenvalue weighted by Gasteiger charge is -2.30. The van der Waals surface area contributed by atoms with Crippen LogP contribution in [0.15, 0.2) is 18.2 Å². The molecule has 1 aromatic carbocycles. The first-order valence-electron chi connectivity index (χ1n) is 6.34. The Hall–Kier alpha value is -0.240. The highest BCUT2D eigenvalue weighted by molar-refractivity contribution is 6.42. The first-order chi connectivity index (χ1) is 8.18. The Balaban J connectivity index is 2.28. The summed E-state index contributed by atoms with van der Waals surface area (Å²) >= 11 is 12.1. The molecule has 1 aliphatic carbocycles. The summed E-state index contributed by atoms with van der Waals surface area (Å²) in [4.78, 5) is 0. The van der Waals surface area contributed by atoms with Crippen LogP contribution in [0.25, 0.3) is 0 Å². The Morgan fingerprint density at radius 3 is 2.47 bits per heavy atom. The van der Waals surface area contributed by atoms with E-state index in [1.165, 1.54) is 31.2 Å². The Bertz CT molecular complexity index is 384. The Morgan fingerprint density at radius 2 is 1.88 bits per heavy atom. The molecule has 1 nitrogen and oxygen atoms in total. The molecule has 1 aromatic rings. The number of halogens is 2. The molecule has 0 radical (unpaired) electrons. The van der Waals surface area contributed by atoms with Gasteiger partial charge < -0.3 is 5.32 Å². The van der Waals surface area contributed by atoms with Gasteiger partial charge in [0.25, 0.3) is 0 Å². The molecule has 0 atom stereocenters. The quantitative estimate of drug-likeness (QED) is 0.855. The van der Waals surface area contributed by atoms with Crippen molar-refractivity contribution in [2.24, 2.45) is 0 Å². The van der Waals surface area contributed by atoms with Gasteiger partial charge in [0, 0.05) is 12.0 Å². The largest absolute Gasteiger partial charge is 0.316 e. The zero-order valence-corrected chi connectivity index (χ0v) is 11.7. The molecule has 1 saturated carbocycles. The highest BCUT2D eigenvalue weighted by Crippen LogP contribution is 2.42. The van der Waals surface area contributed by atoms with E-state index in [4.69, 9.17) is 23.2 Å². The predicted molar refractivity (Wildman–Crippen MR) is 75.2 cm³/mol.